The Morgan fingerprint density at radius 3 is 2.19 bits per heavy atom. The lowest BCUT2D eigenvalue weighted by Gasteiger charge is -2.39. The Morgan fingerprint density at radius 2 is 1.74 bits per heavy atom. The van der Waals surface area contributed by atoms with Crippen LogP contribution in [0.15, 0.2) is 5.10 Å². The van der Waals surface area contributed by atoms with E-state index in [1.807, 2.05) is 0 Å². The predicted molar refractivity (Wildman–Crippen MR) is 115 cm³/mol. The van der Waals surface area contributed by atoms with Crippen LogP contribution in [0, 0.1) is 0 Å². The normalized spacial score (nSPS) is 19.5. The van der Waals surface area contributed by atoms with Gasteiger partial charge in [0.25, 0.3) is 10.0 Å². The highest BCUT2D eigenvalue weighted by atomic mass is 32.2. The minimum atomic E-state index is -4.07. The van der Waals surface area contributed by atoms with Gasteiger partial charge >= 0.3 is 12.1 Å². The summed E-state index contributed by atoms with van der Waals surface area (Å²) in [6.07, 6.45) is -1.61. The molecule has 0 bridgehead atoms. The lowest BCUT2D eigenvalue weighted by molar-refractivity contribution is -0.135. The Bertz CT molecular complexity index is 801. The molecule has 0 aromatic carbocycles. The third-order valence-electron chi connectivity index (χ3n) is 4.41. The number of alkyl carbamates (subject to hydrolysis) is 1. The Morgan fingerprint density at radius 1 is 1.16 bits per heavy atom. The molecule has 178 valence electrons. The van der Waals surface area contributed by atoms with Crippen molar-refractivity contribution in [2.24, 2.45) is 5.10 Å². The molecular weight excluding hydrogens is 428 g/mol. The first kappa shape index (κ1) is 26.7. The van der Waals surface area contributed by atoms with Gasteiger partial charge < -0.3 is 20.1 Å². The molecule has 2 atom stereocenters. The van der Waals surface area contributed by atoms with E-state index in [1.54, 1.807) is 41.5 Å². The van der Waals surface area contributed by atoms with Gasteiger partial charge in [-0.15, -0.1) is 0 Å². The van der Waals surface area contributed by atoms with Crippen LogP contribution in [0.1, 0.15) is 67.7 Å². The first-order valence-corrected chi connectivity index (χ1v) is 11.8. The van der Waals surface area contributed by atoms with Gasteiger partial charge in [-0.3, -0.25) is 4.79 Å². The molecule has 0 saturated carbocycles. The summed E-state index contributed by atoms with van der Waals surface area (Å²) in [5, 5.41) is 8.33. The SMILES string of the molecule is CCOC(=O)C1=NN(S(=O)(=O)C(CC)CC)C(NC(C)=O)C(NC(=O)OC(C)(C)C)C1. The van der Waals surface area contributed by atoms with Crippen LogP contribution in [0.5, 0.6) is 0 Å². The van der Waals surface area contributed by atoms with Crippen LogP contribution in [0.3, 0.4) is 0 Å². The van der Waals surface area contributed by atoms with Gasteiger partial charge in [0.1, 0.15) is 11.3 Å². The molecule has 1 aliphatic heterocycles. The molecule has 0 fully saturated rings. The lowest BCUT2D eigenvalue weighted by Crippen LogP contribution is -2.64. The third-order valence-corrected chi connectivity index (χ3v) is 6.75. The van der Waals surface area contributed by atoms with E-state index in [-0.39, 0.29) is 18.7 Å². The molecule has 0 aromatic heterocycles. The number of rotatable bonds is 8. The van der Waals surface area contributed by atoms with Gasteiger partial charge in [0, 0.05) is 13.3 Å². The number of ether oxygens (including phenoxy) is 2. The van der Waals surface area contributed by atoms with Gasteiger partial charge in [-0.05, 0) is 40.5 Å². The number of hydrogen-bond acceptors (Lipinski definition) is 8. The van der Waals surface area contributed by atoms with Crippen molar-refractivity contribution in [2.45, 2.75) is 90.8 Å². The number of carbonyl (C=O) groups excluding carboxylic acids is 3. The summed E-state index contributed by atoms with van der Waals surface area (Å²) in [5.41, 5.74) is -0.985. The van der Waals surface area contributed by atoms with Crippen LogP contribution in [0.2, 0.25) is 0 Å². The maximum atomic E-state index is 13.3. The Labute approximate surface area is 183 Å². The van der Waals surface area contributed by atoms with E-state index in [4.69, 9.17) is 9.47 Å². The van der Waals surface area contributed by atoms with Crippen molar-refractivity contribution in [3.8, 4) is 0 Å². The zero-order valence-corrected chi connectivity index (χ0v) is 20.0. The maximum absolute atomic E-state index is 13.3. The Hall–Kier alpha value is -2.37. The first-order valence-electron chi connectivity index (χ1n) is 10.3. The molecule has 0 aliphatic carbocycles. The highest BCUT2D eigenvalue weighted by molar-refractivity contribution is 7.89. The quantitative estimate of drug-likeness (QED) is 0.520. The Balaban J connectivity index is 3.48. The molecule has 2 unspecified atom stereocenters. The van der Waals surface area contributed by atoms with Crippen molar-refractivity contribution in [1.82, 2.24) is 15.0 Å². The fraction of sp³-hybridized carbons (Fsp3) is 0.789. The van der Waals surface area contributed by atoms with Crippen LogP contribution in [0.25, 0.3) is 0 Å². The smallest absolute Gasteiger partial charge is 0.408 e. The van der Waals surface area contributed by atoms with Crippen molar-refractivity contribution in [3.63, 3.8) is 0 Å². The van der Waals surface area contributed by atoms with Gasteiger partial charge in [0.05, 0.1) is 17.9 Å². The molecule has 12 heteroatoms. The van der Waals surface area contributed by atoms with Crippen LogP contribution in [-0.4, -0.2) is 66.2 Å². The molecule has 0 spiro atoms. The van der Waals surface area contributed by atoms with Crippen LogP contribution in [-0.2, 0) is 29.1 Å². The standard InChI is InChI=1S/C19H34N4O7S/c1-8-13(9-2)31(27,28)23-16(20-12(4)24)14(21-18(26)30-19(5,6)7)11-15(22-23)17(25)29-10-3/h13-14,16H,8-11H2,1-7H3,(H,20,24)(H,21,26). The molecule has 2 N–H and O–H groups in total. The molecular formula is C19H34N4O7S. The molecule has 11 nitrogen and oxygen atoms in total. The maximum Gasteiger partial charge on any atom is 0.408 e. The number of esters is 1. The summed E-state index contributed by atoms with van der Waals surface area (Å²) < 4.78 is 37.6. The second-order valence-corrected chi connectivity index (χ2v) is 10.2. The zero-order chi connectivity index (χ0) is 24.0. The largest absolute Gasteiger partial charge is 0.461 e. The number of carbonyl (C=O) groups is 3. The summed E-state index contributed by atoms with van der Waals surface area (Å²) >= 11 is 0. The van der Waals surface area contributed by atoms with Gasteiger partial charge in [-0.2, -0.15) is 9.52 Å². The van der Waals surface area contributed by atoms with Crippen molar-refractivity contribution in [3.05, 3.63) is 0 Å². The monoisotopic (exact) mass is 462 g/mol. The number of sulfonamides is 1. The lowest BCUT2D eigenvalue weighted by atomic mass is 10.1. The average molecular weight is 463 g/mol. The molecule has 1 rings (SSSR count). The van der Waals surface area contributed by atoms with Crippen molar-refractivity contribution in [2.75, 3.05) is 6.61 Å². The van der Waals surface area contributed by atoms with E-state index in [2.05, 4.69) is 15.7 Å². The highest BCUT2D eigenvalue weighted by Gasteiger charge is 2.44. The summed E-state index contributed by atoms with van der Waals surface area (Å²) in [6.45, 7) is 11.4. The average Bonchev–Trinajstić information content (AvgIpc) is 2.61. The van der Waals surface area contributed by atoms with E-state index in [1.165, 1.54) is 6.92 Å². The minimum absolute atomic E-state index is 0.0659. The molecule has 31 heavy (non-hydrogen) atoms. The fourth-order valence-corrected chi connectivity index (χ4v) is 4.94. The van der Waals surface area contributed by atoms with Crippen molar-refractivity contribution >= 4 is 33.7 Å². The molecule has 1 aliphatic rings. The molecule has 1 heterocycles. The van der Waals surface area contributed by atoms with Gasteiger partial charge in [0.2, 0.25) is 5.91 Å². The van der Waals surface area contributed by atoms with E-state index in [9.17, 15) is 22.8 Å². The summed E-state index contributed by atoms with van der Waals surface area (Å²) in [5.74, 6) is -1.33. The van der Waals surface area contributed by atoms with Crippen LogP contribution >= 0.6 is 0 Å². The number of amides is 2. The van der Waals surface area contributed by atoms with Gasteiger partial charge in [-0.25, -0.2) is 18.0 Å². The van der Waals surface area contributed by atoms with E-state index in [0.717, 1.165) is 0 Å². The molecule has 0 saturated heterocycles. The van der Waals surface area contributed by atoms with Crippen molar-refractivity contribution in [1.29, 1.82) is 0 Å². The summed E-state index contributed by atoms with van der Waals surface area (Å²) in [4.78, 5) is 36.6. The Kier molecular flexibility index (Phi) is 9.27. The second-order valence-electron chi connectivity index (χ2n) is 8.13. The predicted octanol–water partition coefficient (Wildman–Crippen LogP) is 1.49. The molecule has 0 aromatic rings. The number of hydrazone groups is 1. The highest BCUT2D eigenvalue weighted by Crippen LogP contribution is 2.25. The fourth-order valence-electron chi connectivity index (χ4n) is 3.07. The van der Waals surface area contributed by atoms with Gasteiger partial charge in [-0.1, -0.05) is 13.8 Å². The van der Waals surface area contributed by atoms with E-state index in [0.29, 0.717) is 17.3 Å². The zero-order valence-electron chi connectivity index (χ0n) is 19.2. The number of nitrogens with zero attached hydrogens (tertiary/aromatic N) is 2. The van der Waals surface area contributed by atoms with E-state index >= 15 is 0 Å². The van der Waals surface area contributed by atoms with Gasteiger partial charge in [0.15, 0.2) is 6.17 Å². The third kappa shape index (κ3) is 7.37. The van der Waals surface area contributed by atoms with Crippen molar-refractivity contribution < 1.29 is 32.3 Å². The summed E-state index contributed by atoms with van der Waals surface area (Å²) in [6, 6.07) is -1.01. The second kappa shape index (κ2) is 10.8. The number of nitrogens with one attached hydrogen (secondary N) is 2. The molecule has 0 radical (unpaired) electrons. The number of hydrogen-bond donors (Lipinski definition) is 2. The molecule has 2 amide bonds. The van der Waals surface area contributed by atoms with Crippen LogP contribution in [0.4, 0.5) is 4.79 Å². The minimum Gasteiger partial charge on any atom is -0.461 e. The summed E-state index contributed by atoms with van der Waals surface area (Å²) in [7, 11) is -4.07. The van der Waals surface area contributed by atoms with Crippen LogP contribution < -0.4 is 10.6 Å². The van der Waals surface area contributed by atoms with E-state index < -0.39 is 51.1 Å². The first-order chi connectivity index (χ1) is 14.3. The topological polar surface area (TPSA) is 143 Å².